The summed E-state index contributed by atoms with van der Waals surface area (Å²) in [7, 11) is 1.71. The lowest BCUT2D eigenvalue weighted by molar-refractivity contribution is 0.844. The van der Waals surface area contributed by atoms with E-state index in [0.29, 0.717) is 19.0 Å². The van der Waals surface area contributed by atoms with E-state index in [1.165, 1.54) is 4.88 Å². The molecule has 0 fully saturated rings. The highest BCUT2D eigenvalue weighted by molar-refractivity contribution is 14.0. The van der Waals surface area contributed by atoms with Crippen LogP contribution < -0.4 is 10.6 Å². The smallest absolute Gasteiger partial charge is 0.192 e. The number of hydrogen-bond acceptors (Lipinski definition) is 3. The number of nitrogens with one attached hydrogen (secondary N) is 2. The van der Waals surface area contributed by atoms with Gasteiger partial charge in [0.15, 0.2) is 5.96 Å². The van der Waals surface area contributed by atoms with E-state index >= 15 is 0 Å². The van der Waals surface area contributed by atoms with Gasteiger partial charge in [0.1, 0.15) is 5.01 Å². The maximum atomic E-state index is 5.14. The summed E-state index contributed by atoms with van der Waals surface area (Å²) in [6, 6.07) is 0. The summed E-state index contributed by atoms with van der Waals surface area (Å²) in [5, 5.41) is 7.14. The second-order valence-corrected chi connectivity index (χ2v) is 4.17. The summed E-state index contributed by atoms with van der Waals surface area (Å²) in [5.41, 5.74) is 0. The first-order chi connectivity index (χ1) is 7.26. The number of hydrogen-bond donors (Lipinski definition) is 2. The van der Waals surface area contributed by atoms with Crippen LogP contribution >= 0.6 is 35.3 Å². The Labute approximate surface area is 117 Å². The van der Waals surface area contributed by atoms with Crippen LogP contribution in [0.4, 0.5) is 0 Å². The quantitative estimate of drug-likeness (QED) is 0.375. The molecule has 88 valence electrons. The van der Waals surface area contributed by atoms with Gasteiger partial charge in [-0.3, -0.25) is 4.99 Å². The molecule has 0 amide bonds. The van der Waals surface area contributed by atoms with Gasteiger partial charge in [0.05, 0.1) is 13.1 Å². The largest absolute Gasteiger partial charge is 0.350 e. The van der Waals surface area contributed by atoms with Crippen molar-refractivity contribution in [1.29, 1.82) is 0 Å². The van der Waals surface area contributed by atoms with Crippen LogP contribution in [0, 0.1) is 19.3 Å². The van der Waals surface area contributed by atoms with E-state index in [2.05, 4.69) is 26.5 Å². The molecule has 4 nitrogen and oxygen atoms in total. The molecular formula is C10H15IN4S. The van der Waals surface area contributed by atoms with Crippen molar-refractivity contribution < 1.29 is 0 Å². The number of aliphatic imine (C=N–C) groups is 1. The molecule has 0 spiro atoms. The van der Waals surface area contributed by atoms with Crippen LogP contribution in [-0.4, -0.2) is 24.5 Å². The maximum absolute atomic E-state index is 5.14. The first kappa shape index (κ1) is 15.2. The summed E-state index contributed by atoms with van der Waals surface area (Å²) >= 11 is 1.67. The fourth-order valence-electron chi connectivity index (χ4n) is 0.998. The average Bonchev–Trinajstić information content (AvgIpc) is 2.65. The van der Waals surface area contributed by atoms with Gasteiger partial charge in [-0.1, -0.05) is 5.92 Å². The Morgan fingerprint density at radius 1 is 1.62 bits per heavy atom. The van der Waals surface area contributed by atoms with Crippen molar-refractivity contribution in [1.82, 2.24) is 15.6 Å². The summed E-state index contributed by atoms with van der Waals surface area (Å²) in [4.78, 5) is 9.47. The molecule has 0 aromatic carbocycles. The fraction of sp³-hybridized carbons (Fsp3) is 0.400. The number of aromatic nitrogens is 1. The SMILES string of the molecule is C#CCNC(=NC)NCc1ncc(C)s1.I. The van der Waals surface area contributed by atoms with Gasteiger partial charge in [-0.05, 0) is 6.92 Å². The summed E-state index contributed by atoms with van der Waals surface area (Å²) < 4.78 is 0. The van der Waals surface area contributed by atoms with Crippen LogP contribution in [0.5, 0.6) is 0 Å². The lowest BCUT2D eigenvalue weighted by Crippen LogP contribution is -2.36. The lowest BCUT2D eigenvalue weighted by atomic mass is 10.6. The van der Waals surface area contributed by atoms with E-state index in [1.54, 1.807) is 18.4 Å². The van der Waals surface area contributed by atoms with E-state index in [0.717, 1.165) is 5.01 Å². The Morgan fingerprint density at radius 3 is 2.88 bits per heavy atom. The predicted octanol–water partition coefficient (Wildman–Crippen LogP) is 1.37. The molecule has 0 saturated carbocycles. The number of terminal acetylenes is 1. The number of thiazole rings is 1. The summed E-state index contributed by atoms with van der Waals surface area (Å²) in [6.07, 6.45) is 7.00. The molecule has 1 aromatic heterocycles. The normalized spacial score (nSPS) is 10.2. The Balaban J connectivity index is 0.00000225. The summed E-state index contributed by atoms with van der Waals surface area (Å²) in [6.45, 7) is 3.17. The highest BCUT2D eigenvalue weighted by atomic mass is 127. The van der Waals surface area contributed by atoms with Crippen LogP contribution in [0.15, 0.2) is 11.2 Å². The first-order valence-electron chi connectivity index (χ1n) is 4.55. The average molecular weight is 350 g/mol. The van der Waals surface area contributed by atoms with E-state index in [-0.39, 0.29) is 24.0 Å². The van der Waals surface area contributed by atoms with Gasteiger partial charge in [-0.15, -0.1) is 41.7 Å². The van der Waals surface area contributed by atoms with Gasteiger partial charge < -0.3 is 10.6 Å². The van der Waals surface area contributed by atoms with Gasteiger partial charge >= 0.3 is 0 Å². The van der Waals surface area contributed by atoms with Gasteiger partial charge in [0.2, 0.25) is 0 Å². The lowest BCUT2D eigenvalue weighted by Gasteiger charge is -2.07. The molecule has 0 bridgehead atoms. The third kappa shape index (κ3) is 5.32. The summed E-state index contributed by atoms with van der Waals surface area (Å²) in [5.74, 6) is 3.19. The van der Waals surface area contributed by atoms with Crippen molar-refractivity contribution in [3.05, 3.63) is 16.1 Å². The minimum atomic E-state index is 0. The van der Waals surface area contributed by atoms with Gasteiger partial charge in [-0.25, -0.2) is 4.98 Å². The Hall–Kier alpha value is -0.810. The third-order valence-corrected chi connectivity index (χ3v) is 2.57. The molecule has 0 saturated heterocycles. The molecule has 0 atom stereocenters. The van der Waals surface area contributed by atoms with Crippen LogP contribution in [0.25, 0.3) is 0 Å². The Morgan fingerprint density at radius 2 is 2.38 bits per heavy atom. The molecule has 0 aliphatic carbocycles. The number of nitrogens with zero attached hydrogens (tertiary/aromatic N) is 2. The molecule has 1 aromatic rings. The van der Waals surface area contributed by atoms with Crippen molar-refractivity contribution in [2.45, 2.75) is 13.5 Å². The van der Waals surface area contributed by atoms with Crippen LogP contribution in [0.2, 0.25) is 0 Å². The standard InChI is InChI=1S/C10H14N4S.HI/c1-4-5-12-10(11-3)14-7-9-13-6-8(2)15-9;/h1,6H,5,7H2,2-3H3,(H2,11,12,14);1H. The molecular weight excluding hydrogens is 335 g/mol. The third-order valence-electron chi connectivity index (χ3n) is 1.66. The zero-order valence-electron chi connectivity index (χ0n) is 9.28. The Kier molecular flexibility index (Phi) is 7.93. The zero-order chi connectivity index (χ0) is 11.1. The van der Waals surface area contributed by atoms with Crippen molar-refractivity contribution in [3.8, 4) is 12.3 Å². The van der Waals surface area contributed by atoms with Gasteiger partial charge in [0, 0.05) is 18.1 Å². The van der Waals surface area contributed by atoms with Crippen molar-refractivity contribution in [3.63, 3.8) is 0 Å². The Bertz CT molecular complexity index is 380. The van der Waals surface area contributed by atoms with Crippen LogP contribution in [-0.2, 0) is 6.54 Å². The molecule has 0 aliphatic heterocycles. The highest BCUT2D eigenvalue weighted by Gasteiger charge is 2.00. The van der Waals surface area contributed by atoms with E-state index in [4.69, 9.17) is 6.42 Å². The van der Waals surface area contributed by atoms with Crippen LogP contribution in [0.3, 0.4) is 0 Å². The molecule has 16 heavy (non-hydrogen) atoms. The maximum Gasteiger partial charge on any atom is 0.192 e. The predicted molar refractivity (Wildman–Crippen MR) is 79.3 cm³/mol. The van der Waals surface area contributed by atoms with E-state index in [9.17, 15) is 0 Å². The minimum Gasteiger partial charge on any atom is -0.350 e. The number of halogens is 1. The van der Waals surface area contributed by atoms with E-state index < -0.39 is 0 Å². The van der Waals surface area contributed by atoms with Crippen molar-refractivity contribution >= 4 is 41.3 Å². The van der Waals surface area contributed by atoms with Crippen molar-refractivity contribution in [2.24, 2.45) is 4.99 Å². The van der Waals surface area contributed by atoms with Crippen molar-refractivity contribution in [2.75, 3.05) is 13.6 Å². The second kappa shape index (κ2) is 8.35. The van der Waals surface area contributed by atoms with E-state index in [1.807, 2.05) is 13.1 Å². The molecule has 1 rings (SSSR count). The number of rotatable bonds is 3. The molecule has 2 N–H and O–H groups in total. The molecule has 0 radical (unpaired) electrons. The molecule has 0 aliphatic rings. The topological polar surface area (TPSA) is 49.3 Å². The number of guanidine groups is 1. The molecule has 6 heteroatoms. The minimum absolute atomic E-state index is 0. The fourth-order valence-corrected chi connectivity index (χ4v) is 1.72. The van der Waals surface area contributed by atoms with Crippen LogP contribution in [0.1, 0.15) is 9.88 Å². The number of aryl methyl sites for hydroxylation is 1. The monoisotopic (exact) mass is 350 g/mol. The molecule has 0 unspecified atom stereocenters. The first-order valence-corrected chi connectivity index (χ1v) is 5.37. The highest BCUT2D eigenvalue weighted by Crippen LogP contribution is 2.10. The van der Waals surface area contributed by atoms with Gasteiger partial charge in [-0.2, -0.15) is 0 Å². The molecule has 1 heterocycles. The zero-order valence-corrected chi connectivity index (χ0v) is 12.4. The van der Waals surface area contributed by atoms with Gasteiger partial charge in [0.25, 0.3) is 0 Å². The second-order valence-electron chi connectivity index (χ2n) is 2.85.